The third kappa shape index (κ3) is 2.49. The Bertz CT molecular complexity index is 524. The molecule has 0 saturated heterocycles. The number of nitrogens with one attached hydrogen (secondary N) is 1. The van der Waals surface area contributed by atoms with Crippen LogP contribution in [0.1, 0.15) is 23.5 Å². The van der Waals surface area contributed by atoms with E-state index in [1.165, 1.54) is 4.88 Å². The Morgan fingerprint density at radius 2 is 2.24 bits per heavy atom. The van der Waals surface area contributed by atoms with Crippen LogP contribution >= 0.6 is 22.9 Å². The largest absolute Gasteiger partial charge is 0.312 e. The summed E-state index contributed by atoms with van der Waals surface area (Å²) in [5, 5.41) is 4.74. The molecule has 90 valence electrons. The van der Waals surface area contributed by atoms with Gasteiger partial charge in [-0.2, -0.15) is 0 Å². The van der Waals surface area contributed by atoms with Gasteiger partial charge in [-0.25, -0.2) is 4.98 Å². The van der Waals surface area contributed by atoms with Crippen LogP contribution in [0.4, 0.5) is 0 Å². The number of halogens is 1. The lowest BCUT2D eigenvalue weighted by Gasteiger charge is -2.06. The SMILES string of the molecule is CNC(C)c1sc(-c2ncccc2Cl)nc1C. The Morgan fingerprint density at radius 1 is 1.47 bits per heavy atom. The molecule has 0 fully saturated rings. The van der Waals surface area contributed by atoms with Crippen LogP contribution in [0.25, 0.3) is 10.7 Å². The van der Waals surface area contributed by atoms with E-state index in [2.05, 4.69) is 22.2 Å². The van der Waals surface area contributed by atoms with Gasteiger partial charge in [0.25, 0.3) is 0 Å². The summed E-state index contributed by atoms with van der Waals surface area (Å²) < 4.78 is 0. The molecule has 1 N–H and O–H groups in total. The van der Waals surface area contributed by atoms with Gasteiger partial charge in [0.1, 0.15) is 10.7 Å². The van der Waals surface area contributed by atoms with E-state index in [0.29, 0.717) is 11.1 Å². The number of pyridine rings is 1. The van der Waals surface area contributed by atoms with E-state index in [0.717, 1.165) is 16.4 Å². The molecular formula is C12H14ClN3S. The molecule has 1 unspecified atom stereocenters. The van der Waals surface area contributed by atoms with Gasteiger partial charge in [0, 0.05) is 17.1 Å². The Kier molecular flexibility index (Phi) is 3.76. The molecule has 0 saturated carbocycles. The highest BCUT2D eigenvalue weighted by Gasteiger charge is 2.16. The van der Waals surface area contributed by atoms with E-state index in [-0.39, 0.29) is 0 Å². The molecule has 0 aliphatic heterocycles. The van der Waals surface area contributed by atoms with E-state index in [1.807, 2.05) is 26.1 Å². The molecule has 2 aromatic heterocycles. The summed E-state index contributed by atoms with van der Waals surface area (Å²) in [6.45, 7) is 4.13. The second-order valence-corrected chi connectivity index (χ2v) is 5.25. The first-order valence-corrected chi connectivity index (χ1v) is 6.58. The van der Waals surface area contributed by atoms with Crippen molar-refractivity contribution in [2.24, 2.45) is 0 Å². The van der Waals surface area contributed by atoms with Crippen LogP contribution in [0.2, 0.25) is 5.02 Å². The lowest BCUT2D eigenvalue weighted by atomic mass is 10.2. The second-order valence-electron chi connectivity index (χ2n) is 3.81. The molecule has 5 heteroatoms. The molecular weight excluding hydrogens is 254 g/mol. The van der Waals surface area contributed by atoms with Crippen molar-refractivity contribution in [3.05, 3.63) is 33.9 Å². The van der Waals surface area contributed by atoms with Gasteiger partial charge in [-0.3, -0.25) is 4.98 Å². The van der Waals surface area contributed by atoms with E-state index in [1.54, 1.807) is 17.5 Å². The lowest BCUT2D eigenvalue weighted by Crippen LogP contribution is -2.11. The fourth-order valence-electron chi connectivity index (χ4n) is 1.59. The molecule has 17 heavy (non-hydrogen) atoms. The van der Waals surface area contributed by atoms with Gasteiger partial charge in [-0.05, 0) is 33.0 Å². The molecule has 0 aliphatic rings. The van der Waals surface area contributed by atoms with E-state index in [4.69, 9.17) is 11.6 Å². The van der Waals surface area contributed by atoms with Crippen molar-refractivity contribution >= 4 is 22.9 Å². The zero-order chi connectivity index (χ0) is 12.4. The van der Waals surface area contributed by atoms with Crippen molar-refractivity contribution < 1.29 is 0 Å². The number of hydrogen-bond donors (Lipinski definition) is 1. The zero-order valence-corrected chi connectivity index (χ0v) is 11.6. The Labute approximate surface area is 110 Å². The summed E-state index contributed by atoms with van der Waals surface area (Å²) >= 11 is 7.76. The summed E-state index contributed by atoms with van der Waals surface area (Å²) in [5.74, 6) is 0. The highest BCUT2D eigenvalue weighted by Crippen LogP contribution is 2.33. The highest BCUT2D eigenvalue weighted by molar-refractivity contribution is 7.15. The summed E-state index contributed by atoms with van der Waals surface area (Å²) in [5.41, 5.74) is 1.80. The van der Waals surface area contributed by atoms with Crippen LogP contribution in [0.5, 0.6) is 0 Å². The third-order valence-electron chi connectivity index (χ3n) is 2.62. The number of hydrogen-bond acceptors (Lipinski definition) is 4. The minimum atomic E-state index is 0.295. The second kappa shape index (κ2) is 5.12. The highest BCUT2D eigenvalue weighted by atomic mass is 35.5. The minimum Gasteiger partial charge on any atom is -0.312 e. The quantitative estimate of drug-likeness (QED) is 0.926. The van der Waals surface area contributed by atoms with Crippen LogP contribution in [-0.2, 0) is 0 Å². The van der Waals surface area contributed by atoms with E-state index < -0.39 is 0 Å². The van der Waals surface area contributed by atoms with Gasteiger partial charge in [0.05, 0.1) is 10.7 Å². The molecule has 3 nitrogen and oxygen atoms in total. The topological polar surface area (TPSA) is 37.8 Å². The van der Waals surface area contributed by atoms with Gasteiger partial charge in [-0.15, -0.1) is 11.3 Å². The number of nitrogens with zero attached hydrogens (tertiary/aromatic N) is 2. The van der Waals surface area contributed by atoms with Crippen molar-refractivity contribution in [1.29, 1.82) is 0 Å². The summed E-state index contributed by atoms with van der Waals surface area (Å²) in [7, 11) is 1.94. The van der Waals surface area contributed by atoms with Gasteiger partial charge in [0.15, 0.2) is 0 Å². The molecule has 2 aromatic rings. The predicted molar refractivity (Wildman–Crippen MR) is 72.6 cm³/mol. The van der Waals surface area contributed by atoms with Crippen molar-refractivity contribution in [3.63, 3.8) is 0 Å². The summed E-state index contributed by atoms with van der Waals surface area (Å²) in [4.78, 5) is 10.1. The first-order chi connectivity index (χ1) is 8.13. The van der Waals surface area contributed by atoms with Gasteiger partial charge in [0.2, 0.25) is 0 Å². The first-order valence-electron chi connectivity index (χ1n) is 5.39. The van der Waals surface area contributed by atoms with Crippen LogP contribution in [0.15, 0.2) is 18.3 Å². The molecule has 1 atom stereocenters. The smallest absolute Gasteiger partial charge is 0.143 e. The van der Waals surface area contributed by atoms with E-state index >= 15 is 0 Å². The molecule has 2 heterocycles. The maximum atomic E-state index is 6.12. The zero-order valence-electron chi connectivity index (χ0n) is 9.99. The van der Waals surface area contributed by atoms with Crippen molar-refractivity contribution in [3.8, 4) is 10.7 Å². The Morgan fingerprint density at radius 3 is 2.88 bits per heavy atom. The molecule has 0 amide bonds. The normalized spacial score (nSPS) is 12.7. The average molecular weight is 268 g/mol. The minimum absolute atomic E-state index is 0.295. The number of thiazole rings is 1. The van der Waals surface area contributed by atoms with Gasteiger partial charge < -0.3 is 5.32 Å². The fraction of sp³-hybridized carbons (Fsp3) is 0.333. The molecule has 0 spiro atoms. The van der Waals surface area contributed by atoms with Crippen LogP contribution in [0, 0.1) is 6.92 Å². The average Bonchev–Trinajstić information content (AvgIpc) is 2.71. The fourth-order valence-corrected chi connectivity index (χ4v) is 2.99. The Hall–Kier alpha value is -0.970. The maximum Gasteiger partial charge on any atom is 0.143 e. The summed E-state index contributed by atoms with van der Waals surface area (Å²) in [6, 6.07) is 3.95. The lowest BCUT2D eigenvalue weighted by molar-refractivity contribution is 0.658. The molecule has 0 bridgehead atoms. The Balaban J connectivity index is 2.45. The molecule has 0 aromatic carbocycles. The number of aromatic nitrogens is 2. The van der Waals surface area contributed by atoms with Crippen LogP contribution < -0.4 is 5.32 Å². The maximum absolute atomic E-state index is 6.12. The van der Waals surface area contributed by atoms with Crippen molar-refractivity contribution in [2.45, 2.75) is 19.9 Å². The monoisotopic (exact) mass is 267 g/mol. The molecule has 2 rings (SSSR count). The predicted octanol–water partition coefficient (Wildman–Crippen LogP) is 3.45. The van der Waals surface area contributed by atoms with Crippen molar-refractivity contribution in [1.82, 2.24) is 15.3 Å². The van der Waals surface area contributed by atoms with E-state index in [9.17, 15) is 0 Å². The van der Waals surface area contributed by atoms with Crippen molar-refractivity contribution in [2.75, 3.05) is 7.05 Å². The summed E-state index contributed by atoms with van der Waals surface area (Å²) in [6.07, 6.45) is 1.74. The molecule has 0 aliphatic carbocycles. The standard InChI is InChI=1S/C12H14ClN3S/c1-7(14-3)11-8(2)16-12(17-11)10-9(13)5-4-6-15-10/h4-7,14H,1-3H3. The van der Waals surface area contributed by atoms with Gasteiger partial charge >= 0.3 is 0 Å². The number of rotatable bonds is 3. The van der Waals surface area contributed by atoms with Gasteiger partial charge in [-0.1, -0.05) is 11.6 Å². The first kappa shape index (κ1) is 12.5. The van der Waals surface area contributed by atoms with Crippen LogP contribution in [0.3, 0.4) is 0 Å². The third-order valence-corrected chi connectivity index (χ3v) is 4.27. The number of aryl methyl sites for hydroxylation is 1. The molecule has 0 radical (unpaired) electrons. The van der Waals surface area contributed by atoms with Crippen LogP contribution in [-0.4, -0.2) is 17.0 Å².